The van der Waals surface area contributed by atoms with Crippen molar-refractivity contribution in [2.75, 3.05) is 13.2 Å². The number of rotatable bonds is 7. The smallest absolute Gasteiger partial charge is 0.349 e. The van der Waals surface area contributed by atoms with Crippen LogP contribution in [0.15, 0.2) is 51.1 Å². The Kier molecular flexibility index (Phi) is 5.72. The Hall–Kier alpha value is -3.95. The zero-order valence-corrected chi connectivity index (χ0v) is 15.7. The normalized spacial score (nSPS) is 11.1. The van der Waals surface area contributed by atoms with E-state index in [4.69, 9.17) is 9.47 Å². The lowest BCUT2D eigenvalue weighted by atomic mass is 10.2. The van der Waals surface area contributed by atoms with E-state index in [2.05, 4.69) is 10.1 Å². The second-order valence-electron chi connectivity index (χ2n) is 5.83. The molecule has 0 radical (unpaired) electrons. The zero-order valence-electron chi connectivity index (χ0n) is 15.7. The van der Waals surface area contributed by atoms with E-state index in [1.54, 1.807) is 38.1 Å². The van der Waals surface area contributed by atoms with Crippen molar-refractivity contribution in [1.29, 1.82) is 0 Å². The average Bonchev–Trinajstić information content (AvgIpc) is 2.69. The molecule has 0 saturated heterocycles. The highest BCUT2D eigenvalue weighted by Gasteiger charge is 2.22. The van der Waals surface area contributed by atoms with Crippen molar-refractivity contribution in [2.45, 2.75) is 13.8 Å². The van der Waals surface area contributed by atoms with E-state index in [-0.39, 0.29) is 41.3 Å². The molecule has 1 N–H and O–H groups in total. The van der Waals surface area contributed by atoms with Gasteiger partial charge >= 0.3 is 11.4 Å². The largest absolute Gasteiger partial charge is 0.490 e. The fourth-order valence-electron chi connectivity index (χ4n) is 2.75. The van der Waals surface area contributed by atoms with Crippen LogP contribution in [-0.2, 0) is 0 Å². The fourth-order valence-corrected chi connectivity index (χ4v) is 2.75. The first-order valence-corrected chi connectivity index (χ1v) is 8.82. The molecule has 0 aliphatic rings. The minimum atomic E-state index is -0.726. The van der Waals surface area contributed by atoms with Gasteiger partial charge in [-0.25, -0.2) is 4.79 Å². The minimum absolute atomic E-state index is 0.0113. The molecule has 0 spiro atoms. The molecule has 10 heteroatoms. The van der Waals surface area contributed by atoms with E-state index in [1.807, 2.05) is 0 Å². The summed E-state index contributed by atoms with van der Waals surface area (Å²) in [5.41, 5.74) is -0.979. The van der Waals surface area contributed by atoms with Gasteiger partial charge in [0, 0.05) is 11.6 Å². The van der Waals surface area contributed by atoms with Crippen LogP contribution in [0.1, 0.15) is 19.4 Å². The Morgan fingerprint density at radius 3 is 2.59 bits per heavy atom. The molecule has 0 aliphatic heterocycles. The van der Waals surface area contributed by atoms with Crippen molar-refractivity contribution < 1.29 is 14.4 Å². The SMILES string of the molecule is CCOc1cc(C=Nn2c(=O)[nH]c3ccccc3c2=O)cc([N+](=O)[O-])c1OCC. The number of hydrogen-bond acceptors (Lipinski definition) is 7. The number of aromatic nitrogens is 2. The maximum absolute atomic E-state index is 12.5. The summed E-state index contributed by atoms with van der Waals surface area (Å²) in [4.78, 5) is 38.1. The number of nitro benzene ring substituents is 1. The highest BCUT2D eigenvalue weighted by atomic mass is 16.6. The van der Waals surface area contributed by atoms with Gasteiger partial charge in [0.25, 0.3) is 5.56 Å². The standard InChI is InChI=1S/C19H18N4O6/c1-3-28-16-10-12(9-15(23(26)27)17(16)29-4-2)11-20-22-18(24)13-7-5-6-8-14(13)21-19(22)25/h5-11H,3-4H2,1-2H3,(H,21,25). The van der Waals surface area contributed by atoms with Crippen LogP contribution in [0, 0.1) is 10.1 Å². The van der Waals surface area contributed by atoms with Crippen molar-refractivity contribution >= 4 is 22.8 Å². The number of H-pyrrole nitrogens is 1. The first-order chi connectivity index (χ1) is 14.0. The molecule has 3 rings (SSSR count). The van der Waals surface area contributed by atoms with Gasteiger partial charge in [0.2, 0.25) is 5.75 Å². The third-order valence-corrected chi connectivity index (χ3v) is 3.95. The first kappa shape index (κ1) is 19.8. The number of aromatic amines is 1. The fraction of sp³-hybridized carbons (Fsp3) is 0.211. The van der Waals surface area contributed by atoms with E-state index in [0.717, 1.165) is 0 Å². The summed E-state index contributed by atoms with van der Waals surface area (Å²) < 4.78 is 11.5. The lowest BCUT2D eigenvalue weighted by Gasteiger charge is -2.11. The summed E-state index contributed by atoms with van der Waals surface area (Å²) in [6.07, 6.45) is 1.18. The number of ether oxygens (including phenoxy) is 2. The molecule has 0 amide bonds. The number of nitrogens with one attached hydrogen (secondary N) is 1. The number of para-hydroxylation sites is 1. The number of fused-ring (bicyclic) bond motifs is 1. The van der Waals surface area contributed by atoms with Gasteiger partial charge in [-0.3, -0.25) is 14.9 Å². The van der Waals surface area contributed by atoms with Gasteiger partial charge in [-0.05, 0) is 32.0 Å². The molecular formula is C19H18N4O6. The van der Waals surface area contributed by atoms with Gasteiger partial charge in [0.05, 0.1) is 35.3 Å². The van der Waals surface area contributed by atoms with E-state index < -0.39 is 16.2 Å². The molecule has 0 unspecified atom stereocenters. The third kappa shape index (κ3) is 4.00. The molecule has 0 saturated carbocycles. The second kappa shape index (κ2) is 8.38. The molecule has 29 heavy (non-hydrogen) atoms. The first-order valence-electron chi connectivity index (χ1n) is 8.82. The summed E-state index contributed by atoms with van der Waals surface area (Å²) in [6.45, 7) is 3.92. The van der Waals surface area contributed by atoms with Crippen LogP contribution in [-0.4, -0.2) is 34.0 Å². The molecule has 3 aromatic rings. The Labute approximate surface area is 164 Å². The van der Waals surface area contributed by atoms with Gasteiger partial charge in [-0.2, -0.15) is 5.10 Å². The van der Waals surface area contributed by atoms with Crippen LogP contribution in [0.3, 0.4) is 0 Å². The number of nitro groups is 1. The lowest BCUT2D eigenvalue weighted by molar-refractivity contribution is -0.385. The summed E-state index contributed by atoms with van der Waals surface area (Å²) in [7, 11) is 0. The number of nitrogens with zero attached hydrogens (tertiary/aromatic N) is 3. The van der Waals surface area contributed by atoms with Crippen LogP contribution < -0.4 is 20.7 Å². The Bertz CT molecular complexity index is 1210. The van der Waals surface area contributed by atoms with Crippen molar-refractivity contribution in [1.82, 2.24) is 9.66 Å². The summed E-state index contributed by atoms with van der Waals surface area (Å²) >= 11 is 0. The summed E-state index contributed by atoms with van der Waals surface area (Å²) in [5.74, 6) is 0.182. The van der Waals surface area contributed by atoms with Gasteiger partial charge in [-0.1, -0.05) is 12.1 Å². The van der Waals surface area contributed by atoms with E-state index in [9.17, 15) is 19.7 Å². The predicted octanol–water partition coefficient (Wildman–Crippen LogP) is 2.28. The van der Waals surface area contributed by atoms with Crippen molar-refractivity contribution in [3.05, 3.63) is 72.9 Å². The van der Waals surface area contributed by atoms with Crippen LogP contribution in [0.25, 0.3) is 10.9 Å². The second-order valence-corrected chi connectivity index (χ2v) is 5.83. The summed E-state index contributed by atoms with van der Waals surface area (Å²) in [6, 6.07) is 9.26. The Balaban J connectivity index is 2.12. The van der Waals surface area contributed by atoms with E-state index >= 15 is 0 Å². The lowest BCUT2D eigenvalue weighted by Crippen LogP contribution is -2.32. The van der Waals surface area contributed by atoms with Gasteiger partial charge in [-0.15, -0.1) is 4.68 Å². The molecular weight excluding hydrogens is 380 g/mol. The Morgan fingerprint density at radius 2 is 1.90 bits per heavy atom. The molecule has 0 fully saturated rings. The molecule has 0 bridgehead atoms. The molecule has 1 heterocycles. The molecule has 2 aromatic carbocycles. The topological polar surface area (TPSA) is 129 Å². The highest BCUT2D eigenvalue weighted by Crippen LogP contribution is 2.38. The van der Waals surface area contributed by atoms with Crippen molar-refractivity contribution in [2.24, 2.45) is 5.10 Å². The quantitative estimate of drug-likeness (QED) is 0.369. The van der Waals surface area contributed by atoms with Crippen molar-refractivity contribution in [3.8, 4) is 11.5 Å². The molecule has 150 valence electrons. The third-order valence-electron chi connectivity index (χ3n) is 3.95. The molecule has 1 aromatic heterocycles. The molecule has 0 atom stereocenters. The monoisotopic (exact) mass is 398 g/mol. The van der Waals surface area contributed by atoms with Gasteiger partial charge < -0.3 is 14.5 Å². The molecule has 0 aliphatic carbocycles. The highest BCUT2D eigenvalue weighted by molar-refractivity contribution is 5.83. The van der Waals surface area contributed by atoms with Gasteiger partial charge in [0.1, 0.15) is 0 Å². The maximum Gasteiger partial charge on any atom is 0.349 e. The maximum atomic E-state index is 12.5. The average molecular weight is 398 g/mol. The van der Waals surface area contributed by atoms with Crippen LogP contribution in [0.4, 0.5) is 5.69 Å². The van der Waals surface area contributed by atoms with E-state index in [0.29, 0.717) is 10.2 Å². The number of hydrogen-bond donors (Lipinski definition) is 1. The zero-order chi connectivity index (χ0) is 21.0. The van der Waals surface area contributed by atoms with Gasteiger partial charge in [0.15, 0.2) is 5.75 Å². The Morgan fingerprint density at radius 1 is 1.17 bits per heavy atom. The predicted molar refractivity (Wildman–Crippen MR) is 107 cm³/mol. The van der Waals surface area contributed by atoms with Crippen LogP contribution in [0.2, 0.25) is 0 Å². The van der Waals surface area contributed by atoms with Crippen LogP contribution >= 0.6 is 0 Å². The minimum Gasteiger partial charge on any atom is -0.490 e. The number of benzene rings is 2. The molecule has 10 nitrogen and oxygen atoms in total. The van der Waals surface area contributed by atoms with Crippen LogP contribution in [0.5, 0.6) is 11.5 Å². The summed E-state index contributed by atoms with van der Waals surface area (Å²) in [5, 5.41) is 15.7. The van der Waals surface area contributed by atoms with Crippen molar-refractivity contribution in [3.63, 3.8) is 0 Å². The van der Waals surface area contributed by atoms with E-state index in [1.165, 1.54) is 18.3 Å².